The molecule has 0 aromatic carbocycles. The van der Waals surface area contributed by atoms with E-state index in [0.29, 0.717) is 5.54 Å². The van der Waals surface area contributed by atoms with Crippen LogP contribution in [-0.4, -0.2) is 47.6 Å². The molecule has 0 amide bonds. The van der Waals surface area contributed by atoms with Crippen molar-refractivity contribution in [3.63, 3.8) is 0 Å². The molecule has 19 heavy (non-hydrogen) atoms. The second kappa shape index (κ2) is 6.36. The van der Waals surface area contributed by atoms with E-state index in [9.17, 15) is 0 Å². The number of nitrogens with zero attached hydrogens (tertiary/aromatic N) is 1. The molecule has 0 aromatic rings. The summed E-state index contributed by atoms with van der Waals surface area (Å²) in [5, 5.41) is 4.81. The third-order valence-corrected chi connectivity index (χ3v) is 6.76. The van der Waals surface area contributed by atoms with Gasteiger partial charge in [-0.1, -0.05) is 25.7 Å². The summed E-state index contributed by atoms with van der Waals surface area (Å²) in [5.41, 5.74) is 0.489. The number of piperazine rings is 1. The van der Waals surface area contributed by atoms with Gasteiger partial charge in [-0.25, -0.2) is 0 Å². The highest BCUT2D eigenvalue weighted by molar-refractivity contribution is 7.99. The van der Waals surface area contributed by atoms with Crippen LogP contribution in [0.25, 0.3) is 0 Å². The number of hydrogen-bond acceptors (Lipinski definition) is 3. The molecule has 2 nitrogen and oxygen atoms in total. The Morgan fingerprint density at radius 3 is 2.74 bits per heavy atom. The first-order valence-corrected chi connectivity index (χ1v) is 9.62. The number of rotatable bonds is 2. The molecule has 2 unspecified atom stereocenters. The largest absolute Gasteiger partial charge is 0.309 e. The minimum atomic E-state index is 0.489. The number of thioether (sulfide) groups is 1. The summed E-state index contributed by atoms with van der Waals surface area (Å²) < 4.78 is 0. The van der Waals surface area contributed by atoms with Gasteiger partial charge in [-0.15, -0.1) is 0 Å². The Hall–Kier alpha value is 0.270. The quantitative estimate of drug-likeness (QED) is 0.837. The maximum absolute atomic E-state index is 3.88. The van der Waals surface area contributed by atoms with E-state index in [0.717, 1.165) is 11.3 Å². The monoisotopic (exact) mass is 282 g/mol. The molecule has 2 atom stereocenters. The summed E-state index contributed by atoms with van der Waals surface area (Å²) in [4.78, 5) is 2.85. The average Bonchev–Trinajstić information content (AvgIpc) is 2.48. The molecule has 1 spiro atoms. The summed E-state index contributed by atoms with van der Waals surface area (Å²) in [6.45, 7) is 3.84. The minimum Gasteiger partial charge on any atom is -0.309 e. The van der Waals surface area contributed by atoms with E-state index in [-0.39, 0.29) is 0 Å². The lowest BCUT2D eigenvalue weighted by molar-refractivity contribution is 0.0551. The zero-order valence-corrected chi connectivity index (χ0v) is 13.3. The number of hydrogen-bond donors (Lipinski definition) is 1. The Bertz CT molecular complexity index is 283. The van der Waals surface area contributed by atoms with Gasteiger partial charge in [0.15, 0.2) is 0 Å². The molecule has 2 aliphatic carbocycles. The molecule has 0 radical (unpaired) electrons. The first kappa shape index (κ1) is 14.2. The lowest BCUT2D eigenvalue weighted by atomic mass is 9.79. The van der Waals surface area contributed by atoms with Gasteiger partial charge in [0, 0.05) is 36.5 Å². The summed E-state index contributed by atoms with van der Waals surface area (Å²) in [6.07, 6.45) is 15.3. The third kappa shape index (κ3) is 3.30. The van der Waals surface area contributed by atoms with Crippen molar-refractivity contribution in [3.05, 3.63) is 0 Å². The second-order valence-corrected chi connectivity index (χ2v) is 8.05. The molecular formula is C16H30N2S. The summed E-state index contributed by atoms with van der Waals surface area (Å²) in [6, 6.07) is 0.882. The van der Waals surface area contributed by atoms with Gasteiger partial charge in [0.2, 0.25) is 0 Å². The smallest absolute Gasteiger partial charge is 0.0309 e. The highest BCUT2D eigenvalue weighted by atomic mass is 32.2. The molecule has 3 aliphatic rings. The zero-order chi connectivity index (χ0) is 13.1. The Morgan fingerprint density at radius 1 is 1.11 bits per heavy atom. The Morgan fingerprint density at radius 2 is 1.95 bits per heavy atom. The van der Waals surface area contributed by atoms with Crippen LogP contribution in [0.2, 0.25) is 0 Å². The predicted molar refractivity (Wildman–Crippen MR) is 85.0 cm³/mol. The molecule has 110 valence electrons. The van der Waals surface area contributed by atoms with Crippen LogP contribution in [0.4, 0.5) is 0 Å². The van der Waals surface area contributed by atoms with Crippen molar-refractivity contribution < 1.29 is 0 Å². The van der Waals surface area contributed by atoms with Crippen LogP contribution in [-0.2, 0) is 0 Å². The number of nitrogens with one attached hydrogen (secondary N) is 1. The molecule has 1 heterocycles. The normalized spacial score (nSPS) is 36.5. The summed E-state index contributed by atoms with van der Waals surface area (Å²) >= 11 is 2.10. The van der Waals surface area contributed by atoms with Gasteiger partial charge in [-0.3, -0.25) is 4.90 Å². The van der Waals surface area contributed by atoms with Crippen LogP contribution in [0.1, 0.15) is 57.8 Å². The molecule has 1 N–H and O–H groups in total. The molecule has 3 rings (SSSR count). The van der Waals surface area contributed by atoms with E-state index in [1.807, 2.05) is 0 Å². The first-order valence-electron chi connectivity index (χ1n) is 8.33. The van der Waals surface area contributed by atoms with E-state index < -0.39 is 0 Å². The zero-order valence-electron chi connectivity index (χ0n) is 12.5. The van der Waals surface area contributed by atoms with E-state index in [2.05, 4.69) is 28.2 Å². The van der Waals surface area contributed by atoms with Crippen molar-refractivity contribution in [3.8, 4) is 0 Å². The van der Waals surface area contributed by atoms with Gasteiger partial charge < -0.3 is 5.32 Å². The molecule has 2 saturated carbocycles. The first-order chi connectivity index (χ1) is 9.31. The standard InChI is InChI=1S/C16H30N2S/c1-19-15-7-5-6-14(12-15)18-11-10-17-16(13-18)8-3-2-4-9-16/h14-15,17H,2-13H2,1H3. The van der Waals surface area contributed by atoms with Gasteiger partial charge in [0.25, 0.3) is 0 Å². The van der Waals surface area contributed by atoms with Crippen LogP contribution in [0, 0.1) is 0 Å². The van der Waals surface area contributed by atoms with Gasteiger partial charge in [0.05, 0.1) is 0 Å². The van der Waals surface area contributed by atoms with Crippen LogP contribution in [0.3, 0.4) is 0 Å². The molecule has 0 bridgehead atoms. The van der Waals surface area contributed by atoms with Gasteiger partial charge in [-0.2, -0.15) is 11.8 Å². The predicted octanol–water partition coefficient (Wildman–Crippen LogP) is 3.27. The van der Waals surface area contributed by atoms with Crippen molar-refractivity contribution >= 4 is 11.8 Å². The van der Waals surface area contributed by atoms with E-state index >= 15 is 0 Å². The van der Waals surface area contributed by atoms with Crippen molar-refractivity contribution in [2.75, 3.05) is 25.9 Å². The molecule has 3 heteroatoms. The average molecular weight is 282 g/mol. The van der Waals surface area contributed by atoms with Gasteiger partial charge >= 0.3 is 0 Å². The fraction of sp³-hybridized carbons (Fsp3) is 1.00. The van der Waals surface area contributed by atoms with Crippen molar-refractivity contribution in [1.82, 2.24) is 10.2 Å². The Labute approximate surface area is 123 Å². The van der Waals surface area contributed by atoms with Gasteiger partial charge in [-0.05, 0) is 38.4 Å². The topological polar surface area (TPSA) is 15.3 Å². The van der Waals surface area contributed by atoms with Crippen LogP contribution >= 0.6 is 11.8 Å². The van der Waals surface area contributed by atoms with Crippen molar-refractivity contribution in [2.24, 2.45) is 0 Å². The second-order valence-electron chi connectivity index (χ2n) is 6.92. The molecule has 0 aromatic heterocycles. The maximum Gasteiger partial charge on any atom is 0.0309 e. The Balaban J connectivity index is 1.61. The lowest BCUT2D eigenvalue weighted by Crippen LogP contribution is -2.63. The van der Waals surface area contributed by atoms with Crippen molar-refractivity contribution in [2.45, 2.75) is 74.6 Å². The molecule has 3 fully saturated rings. The summed E-state index contributed by atoms with van der Waals surface area (Å²) in [5.74, 6) is 0. The van der Waals surface area contributed by atoms with E-state index in [4.69, 9.17) is 0 Å². The molecule has 1 saturated heterocycles. The maximum atomic E-state index is 3.88. The molecule has 1 aliphatic heterocycles. The highest BCUT2D eigenvalue weighted by Crippen LogP contribution is 2.35. The SMILES string of the molecule is CSC1CCCC(N2CCNC3(CCCCC3)C2)C1. The lowest BCUT2D eigenvalue weighted by Gasteiger charge is -2.49. The fourth-order valence-corrected chi connectivity index (χ4v) is 5.35. The van der Waals surface area contributed by atoms with Crippen molar-refractivity contribution in [1.29, 1.82) is 0 Å². The fourth-order valence-electron chi connectivity index (χ4n) is 4.53. The Kier molecular flexibility index (Phi) is 4.76. The van der Waals surface area contributed by atoms with Crippen LogP contribution in [0.5, 0.6) is 0 Å². The van der Waals surface area contributed by atoms with Crippen LogP contribution < -0.4 is 5.32 Å². The minimum absolute atomic E-state index is 0.489. The van der Waals surface area contributed by atoms with E-state index in [1.165, 1.54) is 77.4 Å². The van der Waals surface area contributed by atoms with E-state index in [1.54, 1.807) is 0 Å². The highest BCUT2D eigenvalue weighted by Gasteiger charge is 2.38. The van der Waals surface area contributed by atoms with Crippen LogP contribution in [0.15, 0.2) is 0 Å². The summed E-state index contributed by atoms with van der Waals surface area (Å²) in [7, 11) is 0. The molecular weight excluding hydrogens is 252 g/mol. The van der Waals surface area contributed by atoms with Gasteiger partial charge in [0.1, 0.15) is 0 Å². The third-order valence-electron chi connectivity index (χ3n) is 5.66.